The number of carbonyl (C=O) groups excluding carboxylic acids is 3. The lowest BCUT2D eigenvalue weighted by molar-refractivity contribution is -0.122. The zero-order chi connectivity index (χ0) is 23.5. The van der Waals surface area contributed by atoms with Crippen molar-refractivity contribution in [2.24, 2.45) is 5.92 Å². The summed E-state index contributed by atoms with van der Waals surface area (Å²) in [7, 11) is 0. The smallest absolute Gasteiger partial charge is 0.237 e. The van der Waals surface area contributed by atoms with Crippen LogP contribution >= 0.6 is 23.1 Å². The molecule has 1 aromatic heterocycles. The summed E-state index contributed by atoms with van der Waals surface area (Å²) in [5.41, 5.74) is 2.97. The highest BCUT2D eigenvalue weighted by Gasteiger charge is 2.35. The van der Waals surface area contributed by atoms with Gasteiger partial charge in [-0.05, 0) is 36.6 Å². The highest BCUT2D eigenvalue weighted by molar-refractivity contribution is 8.01. The van der Waals surface area contributed by atoms with Crippen LogP contribution in [0.3, 0.4) is 0 Å². The maximum Gasteiger partial charge on any atom is 0.237 e. The summed E-state index contributed by atoms with van der Waals surface area (Å²) in [4.78, 5) is 41.4. The van der Waals surface area contributed by atoms with Crippen LogP contribution in [0.5, 0.6) is 0 Å². The van der Waals surface area contributed by atoms with Crippen molar-refractivity contribution >= 4 is 57.3 Å². The number of hydrogen-bond donors (Lipinski definition) is 1. The fourth-order valence-corrected chi connectivity index (χ4v) is 5.89. The van der Waals surface area contributed by atoms with Crippen molar-refractivity contribution in [2.75, 3.05) is 34.0 Å². The molecule has 2 aliphatic rings. The number of nitrogens with zero attached hydrogens (tertiary/aromatic N) is 4. The fourth-order valence-electron chi connectivity index (χ4n) is 4.26. The largest absolute Gasteiger partial charge is 0.312 e. The molecule has 2 aromatic carbocycles. The van der Waals surface area contributed by atoms with Crippen LogP contribution in [0.4, 0.5) is 16.5 Å². The minimum atomic E-state index is -0.451. The molecule has 3 heterocycles. The standard InChI is InChI=1S/C24H23N5O3S2/c30-20-13-17(14-29(20)18-9-2-1-3-10-18)22(32)25-23-26-27-24(34-23)33-15-21(31)28-12-6-8-16-7-4-5-11-19(16)28/h1-5,7,9-11,17H,6,8,12-15H2,(H,25,26,32)/t17-/m1/s1. The number of carbonyl (C=O) groups is 3. The second-order valence-corrected chi connectivity index (χ2v) is 10.4. The zero-order valence-corrected chi connectivity index (χ0v) is 20.0. The lowest BCUT2D eigenvalue weighted by atomic mass is 10.0. The van der Waals surface area contributed by atoms with E-state index in [1.165, 1.54) is 28.7 Å². The van der Waals surface area contributed by atoms with E-state index in [0.717, 1.165) is 24.2 Å². The monoisotopic (exact) mass is 493 g/mol. The molecule has 3 amide bonds. The Labute approximate surface area is 205 Å². The van der Waals surface area contributed by atoms with Crippen LogP contribution < -0.4 is 15.1 Å². The van der Waals surface area contributed by atoms with Crippen LogP contribution in [0.2, 0.25) is 0 Å². The second kappa shape index (κ2) is 9.94. The van der Waals surface area contributed by atoms with E-state index < -0.39 is 5.92 Å². The highest BCUT2D eigenvalue weighted by Crippen LogP contribution is 2.31. The van der Waals surface area contributed by atoms with Gasteiger partial charge >= 0.3 is 0 Å². The summed E-state index contributed by atoms with van der Waals surface area (Å²) in [5.74, 6) is -0.491. The molecule has 1 N–H and O–H groups in total. The predicted molar refractivity (Wildman–Crippen MR) is 133 cm³/mol. The fraction of sp³-hybridized carbons (Fsp3) is 0.292. The molecule has 0 aliphatic carbocycles. The van der Waals surface area contributed by atoms with Crippen molar-refractivity contribution in [1.82, 2.24) is 10.2 Å². The molecule has 8 nitrogen and oxygen atoms in total. The molecular weight excluding hydrogens is 470 g/mol. The Morgan fingerprint density at radius 1 is 1.09 bits per heavy atom. The van der Waals surface area contributed by atoms with Crippen molar-refractivity contribution in [3.05, 3.63) is 60.2 Å². The van der Waals surface area contributed by atoms with Crippen LogP contribution in [0.25, 0.3) is 0 Å². The minimum absolute atomic E-state index is 0.0309. The third kappa shape index (κ3) is 4.83. The Balaban J connectivity index is 1.15. The van der Waals surface area contributed by atoms with E-state index in [4.69, 9.17) is 0 Å². The summed E-state index contributed by atoms with van der Waals surface area (Å²) in [6.07, 6.45) is 2.10. The van der Waals surface area contributed by atoms with Gasteiger partial charge in [-0.1, -0.05) is 59.5 Å². The quantitative estimate of drug-likeness (QED) is 0.416. The average molecular weight is 494 g/mol. The summed E-state index contributed by atoms with van der Waals surface area (Å²) in [5, 5.41) is 11.3. The molecule has 174 valence electrons. The Hall–Kier alpha value is -3.24. The average Bonchev–Trinajstić information content (AvgIpc) is 3.49. The van der Waals surface area contributed by atoms with E-state index in [2.05, 4.69) is 21.6 Å². The molecule has 0 spiro atoms. The molecule has 0 radical (unpaired) electrons. The maximum absolute atomic E-state index is 12.8. The van der Waals surface area contributed by atoms with Crippen LogP contribution in [0.1, 0.15) is 18.4 Å². The Morgan fingerprint density at radius 3 is 2.74 bits per heavy atom. The SMILES string of the molecule is O=C(Nc1nnc(SCC(=O)N2CCCc3ccccc32)s1)[C@@H]1CC(=O)N(c2ccccc2)C1. The van der Waals surface area contributed by atoms with Crippen LogP contribution in [-0.4, -0.2) is 46.8 Å². The van der Waals surface area contributed by atoms with Gasteiger partial charge in [0.2, 0.25) is 22.9 Å². The van der Waals surface area contributed by atoms with Gasteiger partial charge in [-0.15, -0.1) is 10.2 Å². The highest BCUT2D eigenvalue weighted by atomic mass is 32.2. The predicted octanol–water partition coefficient (Wildman–Crippen LogP) is 3.60. The van der Waals surface area contributed by atoms with Gasteiger partial charge in [-0.2, -0.15) is 0 Å². The number of rotatable bonds is 6. The number of amides is 3. The normalized spacial score (nSPS) is 17.5. The van der Waals surface area contributed by atoms with Gasteiger partial charge in [0.05, 0.1) is 11.7 Å². The minimum Gasteiger partial charge on any atom is -0.312 e. The lowest BCUT2D eigenvalue weighted by Crippen LogP contribution is -2.36. The first kappa shape index (κ1) is 22.5. The summed E-state index contributed by atoms with van der Waals surface area (Å²) < 4.78 is 0.613. The molecule has 10 heteroatoms. The third-order valence-electron chi connectivity index (χ3n) is 5.93. The van der Waals surface area contributed by atoms with Crippen molar-refractivity contribution in [3.8, 4) is 0 Å². The topological polar surface area (TPSA) is 95.5 Å². The molecule has 2 aliphatic heterocycles. The van der Waals surface area contributed by atoms with Crippen molar-refractivity contribution < 1.29 is 14.4 Å². The van der Waals surface area contributed by atoms with Gasteiger partial charge in [0.25, 0.3) is 0 Å². The Morgan fingerprint density at radius 2 is 1.88 bits per heavy atom. The number of anilines is 3. The number of thioether (sulfide) groups is 1. The van der Waals surface area contributed by atoms with Crippen LogP contribution in [0, 0.1) is 5.92 Å². The van der Waals surface area contributed by atoms with Gasteiger partial charge in [0, 0.05) is 30.9 Å². The molecule has 0 bridgehead atoms. The Kier molecular flexibility index (Phi) is 6.59. The van der Waals surface area contributed by atoms with Crippen molar-refractivity contribution in [2.45, 2.75) is 23.6 Å². The molecule has 0 saturated carbocycles. The van der Waals surface area contributed by atoms with Gasteiger partial charge in [0.15, 0.2) is 4.34 Å². The number of aryl methyl sites for hydroxylation is 1. The number of aromatic nitrogens is 2. The molecule has 3 aromatic rings. The summed E-state index contributed by atoms with van der Waals surface area (Å²) in [6, 6.07) is 17.3. The molecule has 0 unspecified atom stereocenters. The van der Waals surface area contributed by atoms with Crippen LogP contribution in [-0.2, 0) is 20.8 Å². The summed E-state index contributed by atoms with van der Waals surface area (Å²) in [6.45, 7) is 1.05. The van der Waals surface area contributed by atoms with Gasteiger partial charge in [-0.3, -0.25) is 14.4 Å². The third-order valence-corrected chi connectivity index (χ3v) is 7.89. The van der Waals surface area contributed by atoms with E-state index in [1.807, 2.05) is 53.4 Å². The van der Waals surface area contributed by atoms with E-state index >= 15 is 0 Å². The number of fused-ring (bicyclic) bond motifs is 1. The molecule has 1 saturated heterocycles. The number of hydrogen-bond acceptors (Lipinski definition) is 7. The first-order chi connectivity index (χ1) is 16.6. The number of benzene rings is 2. The first-order valence-corrected chi connectivity index (χ1v) is 12.9. The number of para-hydroxylation sites is 2. The first-order valence-electron chi connectivity index (χ1n) is 11.1. The molecular formula is C24H23N5O3S2. The number of nitrogens with one attached hydrogen (secondary N) is 1. The molecule has 1 fully saturated rings. The molecule has 5 rings (SSSR count). The van der Waals surface area contributed by atoms with Crippen molar-refractivity contribution in [1.29, 1.82) is 0 Å². The maximum atomic E-state index is 12.8. The van der Waals surface area contributed by atoms with E-state index in [9.17, 15) is 14.4 Å². The molecule has 34 heavy (non-hydrogen) atoms. The van der Waals surface area contributed by atoms with Crippen molar-refractivity contribution in [3.63, 3.8) is 0 Å². The van der Waals surface area contributed by atoms with Gasteiger partial charge in [-0.25, -0.2) is 0 Å². The van der Waals surface area contributed by atoms with Crippen LogP contribution in [0.15, 0.2) is 58.9 Å². The zero-order valence-electron chi connectivity index (χ0n) is 18.3. The van der Waals surface area contributed by atoms with Gasteiger partial charge in [0.1, 0.15) is 0 Å². The van der Waals surface area contributed by atoms with E-state index in [0.29, 0.717) is 22.6 Å². The van der Waals surface area contributed by atoms with E-state index in [-0.39, 0.29) is 29.9 Å². The summed E-state index contributed by atoms with van der Waals surface area (Å²) >= 11 is 2.55. The lowest BCUT2D eigenvalue weighted by Gasteiger charge is -2.29. The molecule has 1 atom stereocenters. The van der Waals surface area contributed by atoms with E-state index in [1.54, 1.807) is 4.90 Å². The van der Waals surface area contributed by atoms with Gasteiger partial charge < -0.3 is 15.1 Å². The Bertz CT molecular complexity index is 1220. The second-order valence-electron chi connectivity index (χ2n) is 8.17.